The van der Waals surface area contributed by atoms with Crippen LogP contribution >= 0.6 is 22.6 Å². The number of halogens is 1. The van der Waals surface area contributed by atoms with Gasteiger partial charge >= 0.3 is 6.04 Å². The monoisotopic (exact) mass is 420 g/mol. The minimum atomic E-state index is -1.46. The number of carbonyl (C=O) groups excluding carboxylic acids is 1. The molecule has 0 aromatic heterocycles. The number of hydrogen-bond donors (Lipinski definition) is 0. The Morgan fingerprint density at radius 2 is 1.78 bits per heavy atom. The first-order valence-corrected chi connectivity index (χ1v) is 7.97. The van der Waals surface area contributed by atoms with E-state index in [0.29, 0.717) is 11.1 Å². The number of nitriles is 1. The molecular formula is C17H13IN2O3. The van der Waals surface area contributed by atoms with Gasteiger partial charge in [-0.05, 0) is 40.3 Å². The molecule has 0 N–H and O–H groups in total. The predicted molar refractivity (Wildman–Crippen MR) is 93.7 cm³/mol. The van der Waals surface area contributed by atoms with Crippen LogP contribution in [0.3, 0.4) is 0 Å². The average molecular weight is 420 g/mol. The molecule has 23 heavy (non-hydrogen) atoms. The summed E-state index contributed by atoms with van der Waals surface area (Å²) in [5, 5.41) is 20.4. The van der Waals surface area contributed by atoms with Crippen molar-refractivity contribution in [3.05, 3.63) is 79.4 Å². The molecule has 0 unspecified atom stereocenters. The Balaban J connectivity index is 2.34. The van der Waals surface area contributed by atoms with Gasteiger partial charge in [0.25, 0.3) is 0 Å². The van der Waals surface area contributed by atoms with Crippen molar-refractivity contribution in [1.29, 1.82) is 5.26 Å². The fourth-order valence-electron chi connectivity index (χ4n) is 2.35. The van der Waals surface area contributed by atoms with Crippen molar-refractivity contribution in [3.8, 4) is 6.07 Å². The number of Topliss-reactive ketones (excluding diaryl/α,β-unsaturated/α-hetero) is 1. The van der Waals surface area contributed by atoms with E-state index >= 15 is 0 Å². The SMILES string of the molecule is N#C[C@@H]([C@H](CC(=O)c1ccccc1)c1ccc(I)cc1)[N+](=O)[O-]. The molecule has 0 radical (unpaired) electrons. The van der Waals surface area contributed by atoms with Gasteiger partial charge in [-0.15, -0.1) is 0 Å². The highest BCUT2D eigenvalue weighted by Gasteiger charge is 2.34. The zero-order valence-corrected chi connectivity index (χ0v) is 14.2. The van der Waals surface area contributed by atoms with Gasteiger partial charge in [-0.3, -0.25) is 14.9 Å². The maximum absolute atomic E-state index is 12.4. The minimum Gasteiger partial charge on any atom is -0.294 e. The first-order valence-electron chi connectivity index (χ1n) is 6.89. The van der Waals surface area contributed by atoms with Gasteiger partial charge in [0.15, 0.2) is 5.78 Å². The van der Waals surface area contributed by atoms with Crippen LogP contribution in [0.5, 0.6) is 0 Å². The van der Waals surface area contributed by atoms with E-state index in [4.69, 9.17) is 5.26 Å². The Morgan fingerprint density at radius 3 is 2.30 bits per heavy atom. The van der Waals surface area contributed by atoms with Crippen molar-refractivity contribution in [1.82, 2.24) is 0 Å². The van der Waals surface area contributed by atoms with E-state index in [1.165, 1.54) is 0 Å². The highest BCUT2D eigenvalue weighted by atomic mass is 127. The number of carbonyl (C=O) groups is 1. The molecule has 2 aromatic rings. The van der Waals surface area contributed by atoms with Crippen LogP contribution in [-0.2, 0) is 0 Å². The summed E-state index contributed by atoms with van der Waals surface area (Å²) in [7, 11) is 0. The second-order valence-corrected chi connectivity index (χ2v) is 6.26. The van der Waals surface area contributed by atoms with E-state index in [0.717, 1.165) is 3.57 Å². The van der Waals surface area contributed by atoms with Crippen LogP contribution in [0.2, 0.25) is 0 Å². The van der Waals surface area contributed by atoms with Gasteiger partial charge in [-0.2, -0.15) is 5.26 Å². The first kappa shape index (κ1) is 17.1. The standard InChI is InChI=1S/C17H13IN2O3/c18-14-8-6-12(7-9-14)15(16(11-19)20(22)23)10-17(21)13-4-2-1-3-5-13/h1-9,15-16H,10H2/t15-,16+/m1/s1. The second-order valence-electron chi connectivity index (χ2n) is 5.01. The lowest BCUT2D eigenvalue weighted by molar-refractivity contribution is -0.510. The third-order valence-electron chi connectivity index (χ3n) is 3.54. The number of nitrogens with zero attached hydrogens (tertiary/aromatic N) is 2. The Bertz CT molecular complexity index is 739. The van der Waals surface area contributed by atoms with E-state index in [1.54, 1.807) is 48.5 Å². The van der Waals surface area contributed by atoms with Crippen LogP contribution in [0.4, 0.5) is 0 Å². The highest BCUT2D eigenvalue weighted by molar-refractivity contribution is 14.1. The second kappa shape index (κ2) is 7.83. The third-order valence-corrected chi connectivity index (χ3v) is 4.26. The van der Waals surface area contributed by atoms with Gasteiger partial charge in [-0.1, -0.05) is 42.5 Å². The summed E-state index contributed by atoms with van der Waals surface area (Å²) in [5.74, 6) is -0.990. The van der Waals surface area contributed by atoms with Crippen molar-refractivity contribution in [2.45, 2.75) is 18.4 Å². The van der Waals surface area contributed by atoms with Crippen LogP contribution in [0.1, 0.15) is 28.3 Å². The fraction of sp³-hybridized carbons (Fsp3) is 0.176. The lowest BCUT2D eigenvalue weighted by Gasteiger charge is -2.16. The molecule has 0 saturated heterocycles. The minimum absolute atomic E-state index is 0.0796. The van der Waals surface area contributed by atoms with Crippen molar-refractivity contribution in [2.24, 2.45) is 0 Å². The Morgan fingerprint density at radius 1 is 1.17 bits per heavy atom. The predicted octanol–water partition coefficient (Wildman–Crippen LogP) is 3.82. The molecule has 0 aliphatic carbocycles. The Kier molecular flexibility index (Phi) is 5.82. The smallest absolute Gasteiger partial charge is 0.294 e. The summed E-state index contributed by atoms with van der Waals surface area (Å²) >= 11 is 2.13. The molecule has 0 heterocycles. The summed E-state index contributed by atoms with van der Waals surface area (Å²) in [6, 6.07) is 16.0. The number of rotatable bonds is 6. The van der Waals surface area contributed by atoms with Crippen LogP contribution in [0, 0.1) is 25.0 Å². The van der Waals surface area contributed by atoms with Crippen molar-refractivity contribution < 1.29 is 9.72 Å². The molecule has 0 amide bonds. The average Bonchev–Trinajstić information content (AvgIpc) is 2.56. The van der Waals surface area contributed by atoms with E-state index in [1.807, 2.05) is 12.1 Å². The number of hydrogen-bond acceptors (Lipinski definition) is 4. The normalized spacial score (nSPS) is 12.9. The van der Waals surface area contributed by atoms with Gasteiger partial charge in [0.1, 0.15) is 6.07 Å². The molecule has 6 heteroatoms. The molecule has 116 valence electrons. The summed E-state index contributed by atoms with van der Waals surface area (Å²) in [4.78, 5) is 23.0. The van der Waals surface area contributed by atoms with Gasteiger partial charge < -0.3 is 0 Å². The molecule has 2 aromatic carbocycles. The fourth-order valence-corrected chi connectivity index (χ4v) is 2.71. The summed E-state index contributed by atoms with van der Waals surface area (Å²) in [6.45, 7) is 0. The van der Waals surface area contributed by atoms with Gasteiger partial charge in [0.2, 0.25) is 0 Å². The topological polar surface area (TPSA) is 84.0 Å². The van der Waals surface area contributed by atoms with E-state index < -0.39 is 16.9 Å². The van der Waals surface area contributed by atoms with E-state index in [-0.39, 0.29) is 12.2 Å². The first-order chi connectivity index (χ1) is 11.0. The molecule has 0 spiro atoms. The summed E-state index contributed by atoms with van der Waals surface area (Å²) in [5.41, 5.74) is 1.11. The Hall–Kier alpha value is -2.27. The van der Waals surface area contributed by atoms with Gasteiger partial charge in [0, 0.05) is 20.5 Å². The lowest BCUT2D eigenvalue weighted by atomic mass is 9.86. The highest BCUT2D eigenvalue weighted by Crippen LogP contribution is 2.27. The zero-order valence-electron chi connectivity index (χ0n) is 12.1. The third kappa shape index (κ3) is 4.36. The van der Waals surface area contributed by atoms with Crippen LogP contribution < -0.4 is 0 Å². The zero-order chi connectivity index (χ0) is 16.8. The van der Waals surface area contributed by atoms with Crippen molar-refractivity contribution >= 4 is 28.4 Å². The molecular weight excluding hydrogens is 407 g/mol. The molecule has 0 saturated carbocycles. The van der Waals surface area contributed by atoms with Crippen molar-refractivity contribution in [2.75, 3.05) is 0 Å². The molecule has 0 aliphatic heterocycles. The van der Waals surface area contributed by atoms with Crippen molar-refractivity contribution in [3.63, 3.8) is 0 Å². The number of ketones is 1. The number of nitro groups is 1. The van der Waals surface area contributed by atoms with Crippen LogP contribution in [-0.4, -0.2) is 16.7 Å². The molecule has 2 atom stereocenters. The molecule has 0 bridgehead atoms. The summed E-state index contributed by atoms with van der Waals surface area (Å²) in [6.07, 6.45) is -0.0796. The van der Waals surface area contributed by atoms with E-state index in [2.05, 4.69) is 22.6 Å². The molecule has 5 nitrogen and oxygen atoms in total. The Labute approximate surface area is 147 Å². The maximum Gasteiger partial charge on any atom is 0.303 e. The quantitative estimate of drug-likeness (QED) is 0.308. The maximum atomic E-state index is 12.4. The molecule has 2 rings (SSSR count). The largest absolute Gasteiger partial charge is 0.303 e. The van der Waals surface area contributed by atoms with Gasteiger partial charge in [0.05, 0.1) is 5.92 Å². The number of benzene rings is 2. The van der Waals surface area contributed by atoms with Gasteiger partial charge in [-0.25, -0.2) is 0 Å². The summed E-state index contributed by atoms with van der Waals surface area (Å²) < 4.78 is 0.981. The lowest BCUT2D eigenvalue weighted by Crippen LogP contribution is -2.28. The van der Waals surface area contributed by atoms with Crippen LogP contribution in [0.15, 0.2) is 54.6 Å². The molecule has 0 fully saturated rings. The molecule has 0 aliphatic rings. The van der Waals surface area contributed by atoms with Crippen LogP contribution in [0.25, 0.3) is 0 Å². The van der Waals surface area contributed by atoms with E-state index in [9.17, 15) is 14.9 Å².